The zero-order valence-electron chi connectivity index (χ0n) is 14.3. The predicted octanol–water partition coefficient (Wildman–Crippen LogP) is 2.77. The lowest BCUT2D eigenvalue weighted by molar-refractivity contribution is 0.464. The molecular formula is C19H24FN5. The van der Waals surface area contributed by atoms with Crippen molar-refractivity contribution in [2.75, 3.05) is 24.1 Å². The van der Waals surface area contributed by atoms with Crippen LogP contribution in [0.1, 0.15) is 42.5 Å². The number of anilines is 2. The SMILES string of the molecule is Nc1nc2c(c(NCC3(c4ccc(F)cc4)CCCC3)n1)CCNC2. The van der Waals surface area contributed by atoms with Gasteiger partial charge in [-0.25, -0.2) is 9.37 Å². The lowest BCUT2D eigenvalue weighted by atomic mass is 9.78. The summed E-state index contributed by atoms with van der Waals surface area (Å²) in [5, 5.41) is 6.88. The minimum absolute atomic E-state index is 0.0349. The largest absolute Gasteiger partial charge is 0.369 e. The molecule has 0 saturated heterocycles. The second-order valence-corrected chi connectivity index (χ2v) is 7.13. The van der Waals surface area contributed by atoms with Gasteiger partial charge in [-0.05, 0) is 43.5 Å². The standard InChI is InChI=1S/C19H24FN5/c20-14-5-3-13(4-6-14)19(8-1-2-9-19)12-23-17-15-7-10-22-11-16(15)24-18(21)25-17/h3-6,22H,1-2,7-12H2,(H3,21,23,24,25). The van der Waals surface area contributed by atoms with E-state index < -0.39 is 0 Å². The molecule has 5 nitrogen and oxygen atoms in total. The molecule has 0 amide bonds. The molecular weight excluding hydrogens is 317 g/mol. The molecule has 0 atom stereocenters. The number of nitrogens with two attached hydrogens (primary N) is 1. The van der Waals surface area contributed by atoms with E-state index in [-0.39, 0.29) is 11.2 Å². The predicted molar refractivity (Wildman–Crippen MR) is 96.9 cm³/mol. The summed E-state index contributed by atoms with van der Waals surface area (Å²) in [5.41, 5.74) is 9.29. The van der Waals surface area contributed by atoms with Crippen molar-refractivity contribution in [3.05, 3.63) is 46.9 Å². The van der Waals surface area contributed by atoms with Crippen LogP contribution in [0.5, 0.6) is 0 Å². The number of nitrogen functional groups attached to an aromatic ring is 1. The van der Waals surface area contributed by atoms with Crippen molar-refractivity contribution in [2.45, 2.75) is 44.1 Å². The van der Waals surface area contributed by atoms with Crippen LogP contribution in [0.25, 0.3) is 0 Å². The average molecular weight is 341 g/mol. The van der Waals surface area contributed by atoms with Gasteiger partial charge in [-0.1, -0.05) is 25.0 Å². The minimum Gasteiger partial charge on any atom is -0.369 e. The molecule has 2 heterocycles. The van der Waals surface area contributed by atoms with Crippen molar-refractivity contribution in [3.8, 4) is 0 Å². The summed E-state index contributed by atoms with van der Waals surface area (Å²) in [7, 11) is 0. The number of benzene rings is 1. The van der Waals surface area contributed by atoms with Crippen LogP contribution in [0.15, 0.2) is 24.3 Å². The molecule has 1 aromatic heterocycles. The van der Waals surface area contributed by atoms with E-state index in [1.165, 1.54) is 24.0 Å². The third-order valence-electron chi connectivity index (χ3n) is 5.57. The summed E-state index contributed by atoms with van der Waals surface area (Å²) in [6, 6.07) is 6.98. The summed E-state index contributed by atoms with van der Waals surface area (Å²) < 4.78 is 13.3. The third kappa shape index (κ3) is 3.18. The highest BCUT2D eigenvalue weighted by atomic mass is 19.1. The Balaban J connectivity index is 1.60. The Hall–Kier alpha value is -2.21. The Bertz CT molecular complexity index is 753. The highest BCUT2D eigenvalue weighted by Gasteiger charge is 2.36. The Morgan fingerprint density at radius 1 is 1.16 bits per heavy atom. The molecule has 2 aromatic rings. The van der Waals surface area contributed by atoms with Crippen LogP contribution in [0.3, 0.4) is 0 Å². The van der Waals surface area contributed by atoms with Crippen LogP contribution in [0.2, 0.25) is 0 Å². The van der Waals surface area contributed by atoms with Crippen molar-refractivity contribution < 1.29 is 4.39 Å². The fourth-order valence-electron chi connectivity index (χ4n) is 4.20. The van der Waals surface area contributed by atoms with Crippen LogP contribution in [-0.2, 0) is 18.4 Å². The lowest BCUT2D eigenvalue weighted by Crippen LogP contribution is -2.33. The number of nitrogens with one attached hydrogen (secondary N) is 2. The smallest absolute Gasteiger partial charge is 0.222 e. The second-order valence-electron chi connectivity index (χ2n) is 7.13. The topological polar surface area (TPSA) is 75.9 Å². The van der Waals surface area contributed by atoms with Gasteiger partial charge < -0.3 is 16.4 Å². The van der Waals surface area contributed by atoms with E-state index in [9.17, 15) is 4.39 Å². The van der Waals surface area contributed by atoms with Crippen molar-refractivity contribution in [3.63, 3.8) is 0 Å². The zero-order chi connectivity index (χ0) is 17.3. The molecule has 0 bridgehead atoms. The fourth-order valence-corrected chi connectivity index (χ4v) is 4.20. The molecule has 0 radical (unpaired) electrons. The Labute approximate surface area is 147 Å². The molecule has 132 valence electrons. The molecule has 1 aliphatic heterocycles. The quantitative estimate of drug-likeness (QED) is 0.797. The summed E-state index contributed by atoms with van der Waals surface area (Å²) in [6.45, 7) is 2.45. The first-order valence-corrected chi connectivity index (χ1v) is 9.02. The van der Waals surface area contributed by atoms with E-state index in [4.69, 9.17) is 5.73 Å². The summed E-state index contributed by atoms with van der Waals surface area (Å²) in [4.78, 5) is 8.82. The number of fused-ring (bicyclic) bond motifs is 1. The maximum absolute atomic E-state index is 13.3. The molecule has 1 fully saturated rings. The molecule has 2 aliphatic rings. The first-order chi connectivity index (χ1) is 12.2. The molecule has 1 aromatic carbocycles. The number of aromatic nitrogens is 2. The van der Waals surface area contributed by atoms with Gasteiger partial charge in [0, 0.05) is 24.1 Å². The normalized spacial score (nSPS) is 18.8. The fraction of sp³-hybridized carbons (Fsp3) is 0.474. The van der Waals surface area contributed by atoms with Crippen LogP contribution in [0, 0.1) is 5.82 Å². The third-order valence-corrected chi connectivity index (χ3v) is 5.57. The number of nitrogens with zero attached hydrogens (tertiary/aromatic N) is 2. The number of hydrogen-bond donors (Lipinski definition) is 3. The summed E-state index contributed by atoms with van der Waals surface area (Å²) >= 11 is 0. The Morgan fingerprint density at radius 2 is 1.92 bits per heavy atom. The lowest BCUT2D eigenvalue weighted by Gasteiger charge is -2.31. The van der Waals surface area contributed by atoms with Gasteiger partial charge in [0.1, 0.15) is 11.6 Å². The van der Waals surface area contributed by atoms with E-state index in [2.05, 4.69) is 20.6 Å². The minimum atomic E-state index is -0.185. The van der Waals surface area contributed by atoms with Gasteiger partial charge in [-0.2, -0.15) is 4.98 Å². The molecule has 0 unspecified atom stereocenters. The molecule has 6 heteroatoms. The molecule has 0 spiro atoms. The van der Waals surface area contributed by atoms with E-state index in [0.717, 1.165) is 50.4 Å². The molecule has 1 saturated carbocycles. The highest BCUT2D eigenvalue weighted by molar-refractivity contribution is 5.51. The van der Waals surface area contributed by atoms with Gasteiger partial charge >= 0.3 is 0 Å². The molecule has 1 aliphatic carbocycles. The van der Waals surface area contributed by atoms with Crippen LogP contribution in [0.4, 0.5) is 16.2 Å². The number of rotatable bonds is 4. The van der Waals surface area contributed by atoms with E-state index in [1.807, 2.05) is 12.1 Å². The number of halogens is 1. The van der Waals surface area contributed by atoms with Crippen molar-refractivity contribution in [1.29, 1.82) is 0 Å². The van der Waals surface area contributed by atoms with Gasteiger partial charge in [0.2, 0.25) is 5.95 Å². The van der Waals surface area contributed by atoms with Gasteiger partial charge in [0.25, 0.3) is 0 Å². The van der Waals surface area contributed by atoms with Crippen molar-refractivity contribution >= 4 is 11.8 Å². The Morgan fingerprint density at radius 3 is 2.68 bits per heavy atom. The van der Waals surface area contributed by atoms with Crippen LogP contribution >= 0.6 is 0 Å². The van der Waals surface area contributed by atoms with E-state index in [0.29, 0.717) is 5.95 Å². The van der Waals surface area contributed by atoms with Crippen molar-refractivity contribution in [1.82, 2.24) is 15.3 Å². The van der Waals surface area contributed by atoms with Crippen LogP contribution in [-0.4, -0.2) is 23.1 Å². The summed E-state index contributed by atoms with van der Waals surface area (Å²) in [5.74, 6) is 0.986. The number of hydrogen-bond acceptors (Lipinski definition) is 5. The van der Waals surface area contributed by atoms with E-state index >= 15 is 0 Å². The maximum Gasteiger partial charge on any atom is 0.222 e. The first-order valence-electron chi connectivity index (χ1n) is 9.02. The maximum atomic E-state index is 13.3. The molecule has 4 rings (SSSR count). The molecule has 4 N–H and O–H groups in total. The second kappa shape index (κ2) is 6.59. The molecule has 25 heavy (non-hydrogen) atoms. The average Bonchev–Trinajstić information content (AvgIpc) is 3.10. The van der Waals surface area contributed by atoms with Gasteiger partial charge in [-0.15, -0.1) is 0 Å². The van der Waals surface area contributed by atoms with Crippen LogP contribution < -0.4 is 16.4 Å². The Kier molecular flexibility index (Phi) is 4.29. The highest BCUT2D eigenvalue weighted by Crippen LogP contribution is 2.41. The zero-order valence-corrected chi connectivity index (χ0v) is 14.3. The van der Waals surface area contributed by atoms with Gasteiger partial charge in [-0.3, -0.25) is 0 Å². The summed E-state index contributed by atoms with van der Waals surface area (Å²) in [6.07, 6.45) is 5.52. The first kappa shape index (κ1) is 16.3. The van der Waals surface area contributed by atoms with Crippen molar-refractivity contribution in [2.24, 2.45) is 0 Å². The monoisotopic (exact) mass is 341 g/mol. The van der Waals surface area contributed by atoms with Gasteiger partial charge in [0.05, 0.1) is 5.69 Å². The van der Waals surface area contributed by atoms with E-state index in [1.54, 1.807) is 12.1 Å². The van der Waals surface area contributed by atoms with Gasteiger partial charge in [0.15, 0.2) is 0 Å².